The van der Waals surface area contributed by atoms with Crippen LogP contribution in [-0.4, -0.2) is 25.6 Å². The zero-order chi connectivity index (χ0) is 15.1. The van der Waals surface area contributed by atoms with Crippen LogP contribution in [0.4, 0.5) is 0 Å². The molecule has 1 fully saturated rings. The summed E-state index contributed by atoms with van der Waals surface area (Å²) in [5.74, 6) is 1.37. The molecular formula is C17H27ClN2O2. The highest BCUT2D eigenvalue weighted by atomic mass is 35.5. The maximum atomic E-state index is 12.2. The fourth-order valence-electron chi connectivity index (χ4n) is 3.13. The second kappa shape index (κ2) is 9.70. The second-order valence-corrected chi connectivity index (χ2v) is 5.84. The van der Waals surface area contributed by atoms with E-state index in [2.05, 4.69) is 5.32 Å². The van der Waals surface area contributed by atoms with Gasteiger partial charge < -0.3 is 15.8 Å². The summed E-state index contributed by atoms with van der Waals surface area (Å²) in [7, 11) is 1.63. The maximum absolute atomic E-state index is 12.2. The molecule has 0 aliphatic heterocycles. The van der Waals surface area contributed by atoms with Crippen molar-refractivity contribution in [2.75, 3.05) is 13.7 Å². The molecule has 1 saturated carbocycles. The molecule has 22 heavy (non-hydrogen) atoms. The molecule has 1 aromatic rings. The molecule has 1 amide bonds. The van der Waals surface area contributed by atoms with Gasteiger partial charge in [0, 0.05) is 12.6 Å². The Hall–Kier alpha value is -1.26. The minimum Gasteiger partial charge on any atom is -0.497 e. The number of rotatable bonds is 6. The number of ether oxygens (including phenoxy) is 1. The van der Waals surface area contributed by atoms with Crippen molar-refractivity contribution in [1.82, 2.24) is 5.32 Å². The molecule has 4 nitrogen and oxygen atoms in total. The molecular weight excluding hydrogens is 300 g/mol. The molecule has 0 aromatic heterocycles. The number of halogens is 1. The predicted molar refractivity (Wildman–Crippen MR) is 91.5 cm³/mol. The Morgan fingerprint density at radius 3 is 2.73 bits per heavy atom. The normalized spacial score (nSPS) is 16.5. The van der Waals surface area contributed by atoms with Crippen molar-refractivity contribution in [3.05, 3.63) is 29.8 Å². The number of carbonyl (C=O) groups excluding carboxylic acids is 1. The fraction of sp³-hybridized carbons (Fsp3) is 0.588. The molecule has 1 aromatic carbocycles. The molecule has 5 heteroatoms. The van der Waals surface area contributed by atoms with E-state index in [0.717, 1.165) is 11.3 Å². The first-order valence-electron chi connectivity index (χ1n) is 7.85. The van der Waals surface area contributed by atoms with E-state index < -0.39 is 0 Å². The van der Waals surface area contributed by atoms with Gasteiger partial charge in [-0.3, -0.25) is 4.79 Å². The van der Waals surface area contributed by atoms with Crippen LogP contribution in [0.3, 0.4) is 0 Å². The smallest absolute Gasteiger partial charge is 0.224 e. The van der Waals surface area contributed by atoms with Gasteiger partial charge in [-0.1, -0.05) is 31.4 Å². The Bertz CT molecular complexity index is 462. The van der Waals surface area contributed by atoms with Crippen LogP contribution < -0.4 is 15.8 Å². The Balaban J connectivity index is 0.00000242. The SMILES string of the molecule is COc1cccc(CC(=O)NC(CN)C2CCCCC2)c1.Cl. The van der Waals surface area contributed by atoms with Gasteiger partial charge >= 0.3 is 0 Å². The van der Waals surface area contributed by atoms with E-state index in [1.807, 2.05) is 24.3 Å². The second-order valence-electron chi connectivity index (χ2n) is 5.84. The lowest BCUT2D eigenvalue weighted by molar-refractivity contribution is -0.121. The van der Waals surface area contributed by atoms with E-state index in [4.69, 9.17) is 10.5 Å². The van der Waals surface area contributed by atoms with E-state index in [1.54, 1.807) is 7.11 Å². The van der Waals surface area contributed by atoms with Crippen molar-refractivity contribution in [2.24, 2.45) is 11.7 Å². The summed E-state index contributed by atoms with van der Waals surface area (Å²) in [5.41, 5.74) is 6.82. The van der Waals surface area contributed by atoms with Crippen molar-refractivity contribution >= 4 is 18.3 Å². The van der Waals surface area contributed by atoms with Crippen molar-refractivity contribution in [3.63, 3.8) is 0 Å². The van der Waals surface area contributed by atoms with Gasteiger partial charge in [0.1, 0.15) is 5.75 Å². The molecule has 0 heterocycles. The molecule has 3 N–H and O–H groups in total. The molecule has 124 valence electrons. The number of amides is 1. The zero-order valence-electron chi connectivity index (χ0n) is 13.2. The average Bonchev–Trinajstić information content (AvgIpc) is 2.53. The highest BCUT2D eigenvalue weighted by Gasteiger charge is 2.23. The van der Waals surface area contributed by atoms with Gasteiger partial charge in [0.15, 0.2) is 0 Å². The summed E-state index contributed by atoms with van der Waals surface area (Å²) in [4.78, 5) is 12.2. The Morgan fingerprint density at radius 2 is 2.09 bits per heavy atom. The van der Waals surface area contributed by atoms with E-state index in [9.17, 15) is 4.79 Å². The van der Waals surface area contributed by atoms with E-state index in [-0.39, 0.29) is 24.4 Å². The largest absolute Gasteiger partial charge is 0.497 e. The van der Waals surface area contributed by atoms with Crippen LogP contribution in [0.15, 0.2) is 24.3 Å². The Labute approximate surface area is 139 Å². The number of nitrogens with two attached hydrogens (primary N) is 1. The topological polar surface area (TPSA) is 64.3 Å². The van der Waals surface area contributed by atoms with Crippen LogP contribution in [0.2, 0.25) is 0 Å². The van der Waals surface area contributed by atoms with Gasteiger partial charge in [0.2, 0.25) is 5.91 Å². The zero-order valence-corrected chi connectivity index (χ0v) is 14.0. The number of hydrogen-bond donors (Lipinski definition) is 2. The van der Waals surface area contributed by atoms with Crippen molar-refractivity contribution in [3.8, 4) is 5.75 Å². The van der Waals surface area contributed by atoms with Crippen LogP contribution >= 0.6 is 12.4 Å². The first kappa shape index (κ1) is 18.8. The molecule has 0 bridgehead atoms. The quantitative estimate of drug-likeness (QED) is 0.844. The van der Waals surface area contributed by atoms with Gasteiger partial charge in [-0.05, 0) is 36.5 Å². The summed E-state index contributed by atoms with van der Waals surface area (Å²) in [6.45, 7) is 0.522. The van der Waals surface area contributed by atoms with Gasteiger partial charge in [-0.2, -0.15) is 0 Å². The summed E-state index contributed by atoms with van der Waals surface area (Å²) < 4.78 is 5.18. The van der Waals surface area contributed by atoms with E-state index in [0.29, 0.717) is 18.9 Å². The van der Waals surface area contributed by atoms with Gasteiger partial charge in [-0.25, -0.2) is 0 Å². The van der Waals surface area contributed by atoms with Gasteiger partial charge in [0.05, 0.1) is 13.5 Å². The molecule has 1 aliphatic rings. The summed E-state index contributed by atoms with van der Waals surface area (Å²) >= 11 is 0. The first-order chi connectivity index (χ1) is 10.2. The maximum Gasteiger partial charge on any atom is 0.224 e. The Morgan fingerprint density at radius 1 is 1.36 bits per heavy atom. The molecule has 0 radical (unpaired) electrons. The Kier molecular flexibility index (Phi) is 8.28. The van der Waals surface area contributed by atoms with Crippen molar-refractivity contribution in [1.29, 1.82) is 0 Å². The molecule has 1 unspecified atom stereocenters. The number of hydrogen-bond acceptors (Lipinski definition) is 3. The van der Waals surface area contributed by atoms with E-state index >= 15 is 0 Å². The van der Waals surface area contributed by atoms with Crippen molar-refractivity contribution in [2.45, 2.75) is 44.6 Å². The fourth-order valence-corrected chi connectivity index (χ4v) is 3.13. The number of nitrogens with one attached hydrogen (secondary N) is 1. The van der Waals surface area contributed by atoms with Crippen molar-refractivity contribution < 1.29 is 9.53 Å². The van der Waals surface area contributed by atoms with Crippen LogP contribution in [0.5, 0.6) is 5.75 Å². The standard InChI is InChI=1S/C17H26N2O2.ClH/c1-21-15-9-5-6-13(10-15)11-17(20)19-16(12-18)14-7-3-2-4-8-14;/h5-6,9-10,14,16H,2-4,7-8,11-12,18H2,1H3,(H,19,20);1H. The van der Waals surface area contributed by atoms with Crippen LogP contribution in [0.25, 0.3) is 0 Å². The monoisotopic (exact) mass is 326 g/mol. The summed E-state index contributed by atoms with van der Waals surface area (Å²) in [6, 6.07) is 7.75. The number of methoxy groups -OCH3 is 1. The third-order valence-corrected chi connectivity index (χ3v) is 4.32. The molecule has 1 aliphatic carbocycles. The lowest BCUT2D eigenvalue weighted by Crippen LogP contribution is -2.46. The first-order valence-corrected chi connectivity index (χ1v) is 7.85. The van der Waals surface area contributed by atoms with E-state index in [1.165, 1.54) is 32.1 Å². The molecule has 0 saturated heterocycles. The third-order valence-electron chi connectivity index (χ3n) is 4.32. The predicted octanol–water partition coefficient (Wildman–Crippen LogP) is 2.68. The molecule has 2 rings (SSSR count). The number of carbonyl (C=O) groups is 1. The average molecular weight is 327 g/mol. The minimum absolute atomic E-state index is 0. The minimum atomic E-state index is 0. The molecule has 0 spiro atoms. The summed E-state index contributed by atoms with van der Waals surface area (Å²) in [5, 5.41) is 3.12. The highest BCUT2D eigenvalue weighted by molar-refractivity contribution is 5.85. The lowest BCUT2D eigenvalue weighted by atomic mass is 9.84. The number of benzene rings is 1. The lowest BCUT2D eigenvalue weighted by Gasteiger charge is -2.30. The van der Waals surface area contributed by atoms with Gasteiger partial charge in [-0.15, -0.1) is 12.4 Å². The van der Waals surface area contributed by atoms with Gasteiger partial charge in [0.25, 0.3) is 0 Å². The van der Waals surface area contributed by atoms with Crippen LogP contribution in [0.1, 0.15) is 37.7 Å². The van der Waals surface area contributed by atoms with Crippen LogP contribution in [0, 0.1) is 5.92 Å². The third kappa shape index (κ3) is 5.50. The van der Waals surface area contributed by atoms with Crippen LogP contribution in [-0.2, 0) is 11.2 Å². The summed E-state index contributed by atoms with van der Waals surface area (Å²) in [6.07, 6.45) is 6.56. The highest BCUT2D eigenvalue weighted by Crippen LogP contribution is 2.26. The molecule has 1 atom stereocenters.